The van der Waals surface area contributed by atoms with Gasteiger partial charge < -0.3 is 9.47 Å². The Labute approximate surface area is 202 Å². The van der Waals surface area contributed by atoms with Crippen LogP contribution in [-0.2, 0) is 26.9 Å². The number of carbonyl (C=O) groups is 3. The minimum atomic E-state index is -4.56. The second kappa shape index (κ2) is 10.3. The number of nitrogens with zero attached hydrogens (tertiary/aromatic N) is 2. The van der Waals surface area contributed by atoms with Crippen LogP contribution in [0, 0.1) is 0 Å². The van der Waals surface area contributed by atoms with Crippen molar-refractivity contribution in [2.24, 2.45) is 0 Å². The van der Waals surface area contributed by atoms with Crippen molar-refractivity contribution < 1.29 is 37.0 Å². The van der Waals surface area contributed by atoms with Gasteiger partial charge in [-0.2, -0.15) is 13.2 Å². The first-order valence-corrected chi connectivity index (χ1v) is 11.4. The molecule has 0 bridgehead atoms. The summed E-state index contributed by atoms with van der Waals surface area (Å²) in [5.74, 6) is 0.301. The highest BCUT2D eigenvalue weighted by molar-refractivity contribution is 8.15. The Balaban J connectivity index is 1.46. The molecule has 7 nitrogen and oxygen atoms in total. The molecule has 0 radical (unpaired) electrons. The van der Waals surface area contributed by atoms with E-state index in [1.807, 2.05) is 0 Å². The standard InChI is InChI=1S/C24H19F3N2O5S/c25-24(26,27)17-3-1-2-16(11-17)20(34-23(32)29-9-8-28-14-29)13-33-18-6-4-15(5-7-18)10-21-19(30)12-22(31)35-21/h1-9,11,14,20-21H,10,12-13H2. The molecular formula is C24H19F3N2O5S. The summed E-state index contributed by atoms with van der Waals surface area (Å²) >= 11 is 1.04. The van der Waals surface area contributed by atoms with Crippen LogP contribution >= 0.6 is 11.8 Å². The number of Topliss-reactive ketones (excluding diaryl/α,β-unsaturated/α-hetero) is 1. The molecule has 35 heavy (non-hydrogen) atoms. The molecule has 1 aromatic heterocycles. The van der Waals surface area contributed by atoms with Gasteiger partial charge in [0.2, 0.25) is 0 Å². The SMILES string of the molecule is O=C1CC(=O)C(Cc2ccc(OCC(OC(=O)n3ccnc3)c3cccc(C(F)(F)F)c3)cc2)S1. The van der Waals surface area contributed by atoms with E-state index in [4.69, 9.17) is 9.47 Å². The fourth-order valence-electron chi connectivity index (χ4n) is 3.45. The molecule has 0 N–H and O–H groups in total. The Kier molecular flexibility index (Phi) is 7.25. The monoisotopic (exact) mass is 504 g/mol. The molecule has 0 aliphatic carbocycles. The second-order valence-electron chi connectivity index (χ2n) is 7.75. The Bertz CT molecular complexity index is 1210. The highest BCUT2D eigenvalue weighted by atomic mass is 32.2. The Morgan fingerprint density at radius 2 is 1.94 bits per heavy atom. The first-order chi connectivity index (χ1) is 16.7. The number of rotatable bonds is 7. The minimum Gasteiger partial charge on any atom is -0.489 e. The first-order valence-electron chi connectivity index (χ1n) is 10.5. The highest BCUT2D eigenvalue weighted by Gasteiger charge is 2.32. The largest absolute Gasteiger partial charge is 0.489 e. The molecule has 0 amide bonds. The van der Waals surface area contributed by atoms with Crippen LogP contribution in [0.15, 0.2) is 67.3 Å². The number of aromatic nitrogens is 2. The number of ether oxygens (including phenoxy) is 2. The molecule has 4 rings (SSSR count). The molecule has 1 aliphatic rings. The molecule has 1 aliphatic heterocycles. The number of thioether (sulfide) groups is 1. The lowest BCUT2D eigenvalue weighted by Crippen LogP contribution is -2.21. The van der Waals surface area contributed by atoms with Crippen LogP contribution in [0.1, 0.15) is 29.2 Å². The van der Waals surface area contributed by atoms with Gasteiger partial charge in [-0.25, -0.2) is 14.3 Å². The minimum absolute atomic E-state index is 0.0503. The van der Waals surface area contributed by atoms with E-state index in [0.29, 0.717) is 12.2 Å². The Morgan fingerprint density at radius 3 is 2.57 bits per heavy atom. The van der Waals surface area contributed by atoms with Gasteiger partial charge >= 0.3 is 12.3 Å². The summed E-state index contributed by atoms with van der Waals surface area (Å²) in [5.41, 5.74) is 0.0751. The van der Waals surface area contributed by atoms with Gasteiger partial charge in [0, 0.05) is 12.4 Å². The maximum atomic E-state index is 13.2. The smallest absolute Gasteiger partial charge is 0.419 e. The Hall–Kier alpha value is -3.60. The number of imidazole rings is 1. The lowest BCUT2D eigenvalue weighted by Gasteiger charge is -2.20. The fourth-order valence-corrected chi connectivity index (χ4v) is 4.48. The van der Waals surface area contributed by atoms with Crippen LogP contribution in [-0.4, -0.2) is 38.4 Å². The third-order valence-electron chi connectivity index (χ3n) is 5.24. The molecule has 2 atom stereocenters. The number of carbonyl (C=O) groups excluding carboxylic acids is 3. The summed E-state index contributed by atoms with van der Waals surface area (Å²) < 4.78 is 51.8. The lowest BCUT2D eigenvalue weighted by molar-refractivity contribution is -0.137. The molecule has 2 unspecified atom stereocenters. The van der Waals surface area contributed by atoms with Crippen LogP contribution in [0.3, 0.4) is 0 Å². The quantitative estimate of drug-likeness (QED) is 0.425. The van der Waals surface area contributed by atoms with E-state index in [0.717, 1.165) is 34.0 Å². The maximum Gasteiger partial charge on any atom is 0.419 e. The third-order valence-corrected chi connectivity index (χ3v) is 6.36. The van der Waals surface area contributed by atoms with Crippen LogP contribution in [0.5, 0.6) is 5.75 Å². The molecule has 0 spiro atoms. The van der Waals surface area contributed by atoms with Crippen molar-refractivity contribution in [1.29, 1.82) is 0 Å². The molecule has 2 heterocycles. The summed E-state index contributed by atoms with van der Waals surface area (Å²) in [4.78, 5) is 39.4. The predicted molar refractivity (Wildman–Crippen MR) is 120 cm³/mol. The summed E-state index contributed by atoms with van der Waals surface area (Å²) in [6.07, 6.45) is -2.22. The molecule has 182 valence electrons. The number of hydrogen-bond acceptors (Lipinski definition) is 7. The predicted octanol–water partition coefficient (Wildman–Crippen LogP) is 4.85. The summed E-state index contributed by atoms with van der Waals surface area (Å²) in [7, 11) is 0. The van der Waals surface area contributed by atoms with E-state index in [9.17, 15) is 27.6 Å². The van der Waals surface area contributed by atoms with Crippen LogP contribution in [0.2, 0.25) is 0 Å². The van der Waals surface area contributed by atoms with E-state index >= 15 is 0 Å². The highest BCUT2D eigenvalue weighted by Crippen LogP contribution is 2.32. The van der Waals surface area contributed by atoms with Gasteiger partial charge in [0.05, 0.1) is 17.2 Å². The van der Waals surface area contributed by atoms with Crippen LogP contribution < -0.4 is 4.74 Å². The molecule has 11 heteroatoms. The zero-order chi connectivity index (χ0) is 25.0. The van der Waals surface area contributed by atoms with Crippen molar-refractivity contribution in [3.8, 4) is 5.75 Å². The number of ketones is 1. The molecule has 2 aromatic carbocycles. The third kappa shape index (κ3) is 6.30. The van der Waals surface area contributed by atoms with Gasteiger partial charge in [0.15, 0.2) is 17.0 Å². The van der Waals surface area contributed by atoms with E-state index in [-0.39, 0.29) is 29.5 Å². The van der Waals surface area contributed by atoms with Gasteiger partial charge in [-0.05, 0) is 41.8 Å². The van der Waals surface area contributed by atoms with E-state index in [1.54, 1.807) is 24.3 Å². The molecule has 1 saturated heterocycles. The zero-order valence-corrected chi connectivity index (χ0v) is 18.9. The van der Waals surface area contributed by atoms with Crippen LogP contribution in [0.25, 0.3) is 0 Å². The second-order valence-corrected chi connectivity index (χ2v) is 9.01. The zero-order valence-electron chi connectivity index (χ0n) is 18.1. The molecule has 1 fully saturated rings. The topological polar surface area (TPSA) is 87.5 Å². The molecular weight excluding hydrogens is 485 g/mol. The lowest BCUT2D eigenvalue weighted by atomic mass is 10.1. The van der Waals surface area contributed by atoms with Gasteiger partial charge in [-0.3, -0.25) is 9.59 Å². The summed E-state index contributed by atoms with van der Waals surface area (Å²) in [5, 5.41) is -0.534. The van der Waals surface area contributed by atoms with Crippen molar-refractivity contribution in [1.82, 2.24) is 9.55 Å². The summed E-state index contributed by atoms with van der Waals surface area (Å²) in [6.45, 7) is -0.243. The van der Waals surface area contributed by atoms with Crippen molar-refractivity contribution in [2.75, 3.05) is 6.61 Å². The van der Waals surface area contributed by atoms with Crippen molar-refractivity contribution in [3.05, 3.63) is 83.9 Å². The van der Waals surface area contributed by atoms with Crippen molar-refractivity contribution in [2.45, 2.75) is 30.4 Å². The summed E-state index contributed by atoms with van der Waals surface area (Å²) in [6, 6.07) is 11.3. The fraction of sp³-hybridized carbons (Fsp3) is 0.250. The van der Waals surface area contributed by atoms with Crippen molar-refractivity contribution >= 4 is 28.8 Å². The first kappa shape index (κ1) is 24.5. The van der Waals surface area contributed by atoms with Gasteiger partial charge in [0.25, 0.3) is 0 Å². The number of halogens is 3. The van der Waals surface area contributed by atoms with Crippen molar-refractivity contribution in [3.63, 3.8) is 0 Å². The van der Waals surface area contributed by atoms with Crippen LogP contribution in [0.4, 0.5) is 18.0 Å². The van der Waals surface area contributed by atoms with E-state index in [1.165, 1.54) is 30.9 Å². The van der Waals surface area contributed by atoms with E-state index in [2.05, 4.69) is 4.98 Å². The van der Waals surface area contributed by atoms with Gasteiger partial charge in [-0.1, -0.05) is 36.0 Å². The maximum absolute atomic E-state index is 13.2. The average Bonchev–Trinajstić information content (AvgIpc) is 3.47. The number of benzene rings is 2. The number of hydrogen-bond donors (Lipinski definition) is 0. The van der Waals surface area contributed by atoms with E-state index < -0.39 is 29.2 Å². The molecule has 3 aromatic rings. The Morgan fingerprint density at radius 1 is 1.17 bits per heavy atom. The normalized spacial score (nSPS) is 16.8. The van der Waals surface area contributed by atoms with Gasteiger partial charge in [0.1, 0.15) is 18.7 Å². The average molecular weight is 504 g/mol. The number of alkyl halides is 3. The molecule has 0 saturated carbocycles. The van der Waals surface area contributed by atoms with Gasteiger partial charge in [-0.15, -0.1) is 0 Å².